The fourth-order valence-electron chi connectivity index (χ4n) is 0.539. The number of hydrogen-bond acceptors (Lipinski definition) is 3. The van der Waals surface area contributed by atoms with Crippen molar-refractivity contribution in [3.63, 3.8) is 0 Å². The van der Waals surface area contributed by atoms with E-state index in [4.69, 9.17) is 0 Å². The predicted molar refractivity (Wildman–Crippen MR) is 43.5 cm³/mol. The smallest absolute Gasteiger partial charge is 0.0955 e. The van der Waals surface area contributed by atoms with Crippen LogP contribution in [0.25, 0.3) is 0 Å². The van der Waals surface area contributed by atoms with E-state index in [0.29, 0.717) is 5.37 Å². The predicted octanol–water partition coefficient (Wildman–Crippen LogP) is 1.98. The Bertz CT molecular complexity index is 161. The topological polar surface area (TPSA) is 17.8 Å². The molecule has 50 valence electrons. The van der Waals surface area contributed by atoms with Crippen molar-refractivity contribution in [3.05, 3.63) is 18.7 Å². The molecule has 1 aromatic heterocycles. The molecule has 2 nitrogen and oxygen atoms in total. The minimum atomic E-state index is 0.371. The van der Waals surface area contributed by atoms with Crippen LogP contribution in [0, 0.1) is 0 Å². The zero-order valence-corrected chi connectivity index (χ0v) is 6.77. The highest BCUT2D eigenvalue weighted by molar-refractivity contribution is 8.68. The number of aromatic nitrogens is 2. The summed E-state index contributed by atoms with van der Waals surface area (Å²) in [6, 6.07) is 0. The van der Waals surface area contributed by atoms with E-state index in [1.165, 1.54) is 10.8 Å². The van der Waals surface area contributed by atoms with Gasteiger partial charge in [-0.1, -0.05) is 10.8 Å². The lowest BCUT2D eigenvalue weighted by Crippen LogP contribution is -1.94. The highest BCUT2D eigenvalue weighted by Gasteiger charge is 1.98. The molecule has 0 aliphatic carbocycles. The molecular weight excluding hydrogens is 152 g/mol. The summed E-state index contributed by atoms with van der Waals surface area (Å²) in [7, 11) is 1.50. The molecule has 1 atom stereocenters. The van der Waals surface area contributed by atoms with Crippen molar-refractivity contribution in [2.75, 3.05) is 0 Å². The molecular formula is C5H8N2S2. The lowest BCUT2D eigenvalue weighted by atomic mass is 10.7. The molecule has 0 amide bonds. The van der Waals surface area contributed by atoms with Gasteiger partial charge in [0.1, 0.15) is 0 Å². The van der Waals surface area contributed by atoms with Crippen molar-refractivity contribution in [2.45, 2.75) is 12.3 Å². The minimum Gasteiger partial charge on any atom is -0.324 e. The Hall–Kier alpha value is -0.0900. The zero-order valence-electron chi connectivity index (χ0n) is 5.06. The minimum absolute atomic E-state index is 0.371. The molecule has 1 aromatic rings. The number of imidazole rings is 1. The molecule has 0 N–H and O–H groups in total. The summed E-state index contributed by atoms with van der Waals surface area (Å²) in [5.74, 6) is 0. The van der Waals surface area contributed by atoms with Gasteiger partial charge in [0.25, 0.3) is 0 Å². The van der Waals surface area contributed by atoms with Crippen LogP contribution in [0.1, 0.15) is 12.3 Å². The monoisotopic (exact) mass is 160 g/mol. The molecule has 0 spiro atoms. The van der Waals surface area contributed by atoms with Gasteiger partial charge in [-0.2, -0.15) is 0 Å². The first-order valence-corrected chi connectivity index (χ1v) is 4.55. The molecule has 0 bridgehead atoms. The zero-order chi connectivity index (χ0) is 6.69. The van der Waals surface area contributed by atoms with Gasteiger partial charge in [-0.15, -0.1) is 11.7 Å². The summed E-state index contributed by atoms with van der Waals surface area (Å²) in [5.41, 5.74) is 0. The van der Waals surface area contributed by atoms with E-state index in [1.54, 1.807) is 12.5 Å². The van der Waals surface area contributed by atoms with Gasteiger partial charge >= 0.3 is 0 Å². The molecule has 1 rings (SSSR count). The van der Waals surface area contributed by atoms with Crippen molar-refractivity contribution >= 4 is 22.5 Å². The van der Waals surface area contributed by atoms with Crippen LogP contribution in [0.3, 0.4) is 0 Å². The first-order chi connectivity index (χ1) is 4.34. The van der Waals surface area contributed by atoms with Gasteiger partial charge in [0.05, 0.1) is 11.7 Å². The third-order valence-electron chi connectivity index (χ3n) is 1.10. The summed E-state index contributed by atoms with van der Waals surface area (Å²) < 4.78 is 2.00. The number of nitrogens with zero attached hydrogens (tertiary/aromatic N) is 2. The van der Waals surface area contributed by atoms with Crippen molar-refractivity contribution in [2.24, 2.45) is 0 Å². The molecule has 0 aromatic carbocycles. The van der Waals surface area contributed by atoms with Gasteiger partial charge in [-0.3, -0.25) is 0 Å². The fourth-order valence-corrected chi connectivity index (χ4v) is 1.10. The largest absolute Gasteiger partial charge is 0.324 e. The molecule has 1 unspecified atom stereocenters. The number of rotatable bonds is 2. The van der Waals surface area contributed by atoms with Gasteiger partial charge in [-0.25, -0.2) is 4.98 Å². The Kier molecular flexibility index (Phi) is 2.48. The first-order valence-electron chi connectivity index (χ1n) is 2.62. The van der Waals surface area contributed by atoms with E-state index in [9.17, 15) is 0 Å². The van der Waals surface area contributed by atoms with E-state index in [-0.39, 0.29) is 0 Å². The maximum absolute atomic E-state index is 4.07. The molecule has 1 heterocycles. The average molecular weight is 160 g/mol. The van der Waals surface area contributed by atoms with Crippen LogP contribution in [-0.2, 0) is 0 Å². The molecule has 0 aliphatic heterocycles. The SMILES string of the molecule is CC(SS)n1ccnc1. The van der Waals surface area contributed by atoms with E-state index in [2.05, 4.69) is 23.6 Å². The maximum atomic E-state index is 4.07. The van der Waals surface area contributed by atoms with Gasteiger partial charge in [0.15, 0.2) is 0 Å². The molecule has 0 aliphatic rings. The Morgan fingerprint density at radius 3 is 3.00 bits per heavy atom. The fraction of sp³-hybridized carbons (Fsp3) is 0.400. The Labute approximate surface area is 63.5 Å². The second-order valence-corrected chi connectivity index (χ2v) is 3.24. The third-order valence-corrected chi connectivity index (χ3v) is 2.56. The highest BCUT2D eigenvalue weighted by Crippen LogP contribution is 2.23. The van der Waals surface area contributed by atoms with Crippen molar-refractivity contribution in [1.29, 1.82) is 0 Å². The number of hydrogen-bond donors (Lipinski definition) is 1. The Morgan fingerprint density at radius 2 is 2.56 bits per heavy atom. The second kappa shape index (κ2) is 3.17. The molecule has 0 saturated heterocycles. The second-order valence-electron chi connectivity index (χ2n) is 1.71. The summed E-state index contributed by atoms with van der Waals surface area (Å²) in [4.78, 5) is 3.91. The summed E-state index contributed by atoms with van der Waals surface area (Å²) in [6.45, 7) is 2.07. The molecule has 0 fully saturated rings. The third kappa shape index (κ3) is 1.66. The summed E-state index contributed by atoms with van der Waals surface area (Å²) in [6.07, 6.45) is 5.47. The van der Waals surface area contributed by atoms with E-state index in [1.807, 2.05) is 10.8 Å². The van der Waals surface area contributed by atoms with Crippen LogP contribution in [0.2, 0.25) is 0 Å². The Balaban J connectivity index is 2.65. The summed E-state index contributed by atoms with van der Waals surface area (Å²) in [5, 5.41) is 0.371. The van der Waals surface area contributed by atoms with Crippen LogP contribution >= 0.6 is 22.5 Å². The van der Waals surface area contributed by atoms with Gasteiger partial charge in [0.2, 0.25) is 0 Å². The van der Waals surface area contributed by atoms with Crippen molar-refractivity contribution < 1.29 is 0 Å². The van der Waals surface area contributed by atoms with Crippen LogP contribution in [-0.4, -0.2) is 9.55 Å². The van der Waals surface area contributed by atoms with E-state index >= 15 is 0 Å². The van der Waals surface area contributed by atoms with Gasteiger partial charge < -0.3 is 4.57 Å². The maximum Gasteiger partial charge on any atom is 0.0955 e. The van der Waals surface area contributed by atoms with E-state index < -0.39 is 0 Å². The van der Waals surface area contributed by atoms with Crippen molar-refractivity contribution in [1.82, 2.24) is 9.55 Å². The first kappa shape index (κ1) is 7.02. The normalized spacial score (nSPS) is 13.6. The van der Waals surface area contributed by atoms with Crippen LogP contribution in [0.4, 0.5) is 0 Å². The summed E-state index contributed by atoms with van der Waals surface area (Å²) >= 11 is 4.07. The molecule has 9 heavy (non-hydrogen) atoms. The van der Waals surface area contributed by atoms with Crippen LogP contribution in [0.15, 0.2) is 18.7 Å². The molecule has 4 heteroatoms. The van der Waals surface area contributed by atoms with E-state index in [0.717, 1.165) is 0 Å². The highest BCUT2D eigenvalue weighted by atomic mass is 33.1. The molecule has 0 saturated carbocycles. The number of thiol groups is 1. The Morgan fingerprint density at radius 1 is 1.78 bits per heavy atom. The average Bonchev–Trinajstić information content (AvgIpc) is 2.37. The quantitative estimate of drug-likeness (QED) is 0.526. The lowest BCUT2D eigenvalue weighted by molar-refractivity contribution is 0.743. The van der Waals surface area contributed by atoms with Gasteiger partial charge in [0, 0.05) is 12.4 Å². The lowest BCUT2D eigenvalue weighted by Gasteiger charge is -2.06. The van der Waals surface area contributed by atoms with Crippen LogP contribution in [0.5, 0.6) is 0 Å². The van der Waals surface area contributed by atoms with Gasteiger partial charge in [-0.05, 0) is 6.92 Å². The standard InChI is InChI=1S/C5H8N2S2/c1-5(9-8)7-3-2-6-4-7/h2-5,8H,1H3. The van der Waals surface area contributed by atoms with Crippen LogP contribution < -0.4 is 0 Å². The van der Waals surface area contributed by atoms with Crippen molar-refractivity contribution in [3.8, 4) is 0 Å². The molecule has 0 radical (unpaired) electrons.